The lowest BCUT2D eigenvalue weighted by atomic mass is 9.85. The van der Waals surface area contributed by atoms with Crippen molar-refractivity contribution in [1.82, 2.24) is 5.32 Å². The van der Waals surface area contributed by atoms with Gasteiger partial charge in [0, 0.05) is 17.8 Å². The number of aryl methyl sites for hydroxylation is 1. The summed E-state index contributed by atoms with van der Waals surface area (Å²) in [5.41, 5.74) is 7.72. The van der Waals surface area contributed by atoms with Crippen LogP contribution in [-0.4, -0.2) is 6.54 Å². The molecule has 2 aromatic rings. The average molecular weight is 334 g/mol. The maximum atomic E-state index is 3.58. The average Bonchev–Trinajstić information content (AvgIpc) is 2.59. The molecule has 0 unspecified atom stereocenters. The molecule has 0 aliphatic carbocycles. The highest BCUT2D eigenvalue weighted by Crippen LogP contribution is 2.31. The third-order valence-corrected chi connectivity index (χ3v) is 4.48. The minimum atomic E-state index is 0.125. The molecule has 0 saturated heterocycles. The minimum absolute atomic E-state index is 0.125. The lowest BCUT2D eigenvalue weighted by Crippen LogP contribution is -2.15. The number of rotatable bonds is 5. The molecule has 0 aliphatic heterocycles. The van der Waals surface area contributed by atoms with Gasteiger partial charge in [-0.3, -0.25) is 0 Å². The van der Waals surface area contributed by atoms with Crippen LogP contribution in [0.15, 0.2) is 66.3 Å². The van der Waals surface area contributed by atoms with Crippen molar-refractivity contribution < 1.29 is 0 Å². The standard InChI is InChI=1S/C24H31N/c1-7-21(24(4,5)6)17-23(25-8-2)22-16-20(15-14-18(22)3)19-12-10-9-11-13-19/h7,9-17,25H,8H2,1-6H3/b21-7+,23-17-. The van der Waals surface area contributed by atoms with Crippen molar-refractivity contribution in [3.8, 4) is 11.1 Å². The fourth-order valence-corrected chi connectivity index (χ4v) is 3.03. The first kappa shape index (κ1) is 19.1. The van der Waals surface area contributed by atoms with E-state index in [0.717, 1.165) is 6.54 Å². The molecule has 0 aromatic heterocycles. The van der Waals surface area contributed by atoms with Gasteiger partial charge in [0.05, 0.1) is 0 Å². The molecule has 0 amide bonds. The van der Waals surface area contributed by atoms with Crippen LogP contribution >= 0.6 is 0 Å². The Balaban J connectivity index is 2.55. The summed E-state index contributed by atoms with van der Waals surface area (Å²) < 4.78 is 0. The van der Waals surface area contributed by atoms with Crippen molar-refractivity contribution in [1.29, 1.82) is 0 Å². The van der Waals surface area contributed by atoms with Gasteiger partial charge in [-0.15, -0.1) is 0 Å². The summed E-state index contributed by atoms with van der Waals surface area (Å²) in [6.07, 6.45) is 4.52. The molecule has 0 aliphatic rings. The minimum Gasteiger partial charge on any atom is -0.385 e. The first-order chi connectivity index (χ1) is 11.9. The van der Waals surface area contributed by atoms with Gasteiger partial charge >= 0.3 is 0 Å². The fourth-order valence-electron chi connectivity index (χ4n) is 3.03. The van der Waals surface area contributed by atoms with E-state index in [1.54, 1.807) is 0 Å². The van der Waals surface area contributed by atoms with E-state index in [9.17, 15) is 0 Å². The summed E-state index contributed by atoms with van der Waals surface area (Å²) in [5.74, 6) is 0. The second-order valence-corrected chi connectivity index (χ2v) is 7.48. The van der Waals surface area contributed by atoms with E-state index >= 15 is 0 Å². The van der Waals surface area contributed by atoms with Crippen molar-refractivity contribution in [2.75, 3.05) is 6.54 Å². The monoisotopic (exact) mass is 333 g/mol. The van der Waals surface area contributed by atoms with Gasteiger partial charge in [0.25, 0.3) is 0 Å². The summed E-state index contributed by atoms with van der Waals surface area (Å²) >= 11 is 0. The van der Waals surface area contributed by atoms with Crippen LogP contribution in [0.1, 0.15) is 45.7 Å². The lowest BCUT2D eigenvalue weighted by molar-refractivity contribution is 0.516. The maximum absolute atomic E-state index is 3.58. The van der Waals surface area contributed by atoms with Crippen LogP contribution in [0.4, 0.5) is 0 Å². The topological polar surface area (TPSA) is 12.0 Å². The van der Waals surface area contributed by atoms with Crippen LogP contribution < -0.4 is 5.32 Å². The van der Waals surface area contributed by atoms with Gasteiger partial charge in [0.1, 0.15) is 0 Å². The van der Waals surface area contributed by atoms with Crippen molar-refractivity contribution in [3.05, 3.63) is 77.4 Å². The van der Waals surface area contributed by atoms with Crippen molar-refractivity contribution in [2.24, 2.45) is 5.41 Å². The normalized spacial score (nSPS) is 13.0. The Morgan fingerprint density at radius 1 is 1.00 bits per heavy atom. The predicted octanol–water partition coefficient (Wildman–Crippen LogP) is 6.60. The molecule has 0 saturated carbocycles. The summed E-state index contributed by atoms with van der Waals surface area (Å²) in [7, 11) is 0. The molecule has 0 spiro atoms. The molecule has 25 heavy (non-hydrogen) atoms. The fraction of sp³-hybridized carbons (Fsp3) is 0.333. The van der Waals surface area contributed by atoms with Crippen LogP contribution in [-0.2, 0) is 0 Å². The molecular formula is C24H31N. The Labute approximate surface area is 153 Å². The van der Waals surface area contributed by atoms with Gasteiger partial charge in [-0.2, -0.15) is 0 Å². The zero-order valence-corrected chi connectivity index (χ0v) is 16.5. The molecular weight excluding hydrogens is 302 g/mol. The highest BCUT2D eigenvalue weighted by molar-refractivity contribution is 5.75. The quantitative estimate of drug-likeness (QED) is 0.607. The zero-order valence-electron chi connectivity index (χ0n) is 16.5. The summed E-state index contributed by atoms with van der Waals surface area (Å²) in [5, 5.41) is 3.58. The third kappa shape index (κ3) is 4.85. The van der Waals surface area contributed by atoms with Gasteiger partial charge in [-0.1, -0.05) is 69.3 Å². The molecule has 0 fully saturated rings. The molecule has 2 rings (SSSR count). The largest absolute Gasteiger partial charge is 0.385 e. The van der Waals surface area contributed by atoms with E-state index in [1.165, 1.54) is 33.5 Å². The van der Waals surface area contributed by atoms with Crippen molar-refractivity contribution in [2.45, 2.75) is 41.5 Å². The van der Waals surface area contributed by atoms with Gasteiger partial charge in [0.15, 0.2) is 0 Å². The Bertz CT molecular complexity index is 758. The Kier molecular flexibility index (Phi) is 6.25. The first-order valence-electron chi connectivity index (χ1n) is 9.15. The van der Waals surface area contributed by atoms with E-state index in [2.05, 4.69) is 108 Å². The summed E-state index contributed by atoms with van der Waals surface area (Å²) in [6, 6.07) is 17.3. The maximum Gasteiger partial charge on any atom is 0.0419 e. The highest BCUT2D eigenvalue weighted by Gasteiger charge is 2.16. The van der Waals surface area contributed by atoms with Gasteiger partial charge in [-0.05, 0) is 60.6 Å². The number of hydrogen-bond acceptors (Lipinski definition) is 1. The van der Waals surface area contributed by atoms with E-state index in [1.807, 2.05) is 0 Å². The van der Waals surface area contributed by atoms with Gasteiger partial charge in [-0.25, -0.2) is 0 Å². The predicted molar refractivity (Wildman–Crippen MR) is 111 cm³/mol. The number of nitrogens with one attached hydrogen (secondary N) is 1. The van der Waals surface area contributed by atoms with E-state index < -0.39 is 0 Å². The Morgan fingerprint density at radius 2 is 1.68 bits per heavy atom. The summed E-state index contributed by atoms with van der Waals surface area (Å²) in [6.45, 7) is 14.1. The summed E-state index contributed by atoms with van der Waals surface area (Å²) in [4.78, 5) is 0. The third-order valence-electron chi connectivity index (χ3n) is 4.48. The molecule has 132 valence electrons. The van der Waals surface area contributed by atoms with E-state index in [0.29, 0.717) is 0 Å². The smallest absolute Gasteiger partial charge is 0.0419 e. The SMILES string of the molecule is C/C=C(\C=C(/NCC)c1cc(-c2ccccc2)ccc1C)C(C)(C)C. The first-order valence-corrected chi connectivity index (χ1v) is 9.15. The van der Waals surface area contributed by atoms with Crippen LogP contribution in [0, 0.1) is 12.3 Å². The molecule has 1 nitrogen and oxygen atoms in total. The van der Waals surface area contributed by atoms with Crippen molar-refractivity contribution >= 4 is 5.70 Å². The second kappa shape index (κ2) is 8.20. The second-order valence-electron chi connectivity index (χ2n) is 7.48. The number of hydrogen-bond donors (Lipinski definition) is 1. The molecule has 2 aromatic carbocycles. The van der Waals surface area contributed by atoms with Crippen molar-refractivity contribution in [3.63, 3.8) is 0 Å². The van der Waals surface area contributed by atoms with E-state index in [-0.39, 0.29) is 5.41 Å². The van der Waals surface area contributed by atoms with Crippen LogP contribution in [0.2, 0.25) is 0 Å². The van der Waals surface area contributed by atoms with Crippen LogP contribution in [0.3, 0.4) is 0 Å². The van der Waals surface area contributed by atoms with Gasteiger partial charge in [0.2, 0.25) is 0 Å². The van der Waals surface area contributed by atoms with Crippen LogP contribution in [0.25, 0.3) is 16.8 Å². The van der Waals surface area contributed by atoms with E-state index in [4.69, 9.17) is 0 Å². The van der Waals surface area contributed by atoms with Gasteiger partial charge < -0.3 is 5.32 Å². The Morgan fingerprint density at radius 3 is 2.24 bits per heavy atom. The molecule has 0 radical (unpaired) electrons. The molecule has 1 N–H and O–H groups in total. The lowest BCUT2D eigenvalue weighted by Gasteiger charge is -2.23. The number of benzene rings is 2. The molecule has 1 heteroatoms. The van der Waals surface area contributed by atoms with Crippen LogP contribution in [0.5, 0.6) is 0 Å². The molecule has 0 bridgehead atoms. The highest BCUT2D eigenvalue weighted by atomic mass is 14.9. The zero-order chi connectivity index (χ0) is 18.4. The number of allylic oxidation sites excluding steroid dienone is 3. The Hall–Kier alpha value is -2.28. The molecule has 0 heterocycles. The molecule has 0 atom stereocenters.